The van der Waals surface area contributed by atoms with E-state index in [-0.39, 0.29) is 23.5 Å². The zero-order valence-corrected chi connectivity index (χ0v) is 17.3. The molecule has 27 heavy (non-hydrogen) atoms. The Bertz CT molecular complexity index is 587. The molecule has 4 nitrogen and oxygen atoms in total. The fraction of sp³-hybridized carbons (Fsp3) is 1.00. The van der Waals surface area contributed by atoms with Crippen molar-refractivity contribution in [3.8, 4) is 0 Å². The van der Waals surface area contributed by atoms with Crippen LogP contribution in [0, 0.1) is 40.4 Å². The Hall–Kier alpha value is -0.160. The van der Waals surface area contributed by atoms with Crippen molar-refractivity contribution in [3.63, 3.8) is 0 Å². The normalized spacial score (nSPS) is 57.0. The van der Waals surface area contributed by atoms with Gasteiger partial charge in [0.2, 0.25) is 0 Å². The minimum absolute atomic E-state index is 0.0996. The average molecular weight is 379 g/mol. The van der Waals surface area contributed by atoms with Crippen molar-refractivity contribution in [1.82, 2.24) is 0 Å². The molecular formula is C23H38O4. The van der Waals surface area contributed by atoms with Gasteiger partial charge in [-0.2, -0.15) is 0 Å². The van der Waals surface area contributed by atoms with E-state index < -0.39 is 5.79 Å². The lowest BCUT2D eigenvalue weighted by Gasteiger charge is -2.62. The van der Waals surface area contributed by atoms with Crippen molar-refractivity contribution in [2.24, 2.45) is 40.4 Å². The van der Waals surface area contributed by atoms with E-state index in [0.717, 1.165) is 32.1 Å². The summed E-state index contributed by atoms with van der Waals surface area (Å²) in [5, 5.41) is 21.7. The van der Waals surface area contributed by atoms with Crippen molar-refractivity contribution in [1.29, 1.82) is 0 Å². The van der Waals surface area contributed by atoms with E-state index in [1.807, 2.05) is 0 Å². The highest BCUT2D eigenvalue weighted by atomic mass is 16.7. The molecule has 154 valence electrons. The number of aliphatic hydroxyl groups excluding tert-OH is 2. The Kier molecular flexibility index (Phi) is 4.30. The zero-order valence-electron chi connectivity index (χ0n) is 17.3. The molecule has 0 spiro atoms. The van der Waals surface area contributed by atoms with Gasteiger partial charge in [0.15, 0.2) is 5.79 Å². The van der Waals surface area contributed by atoms with Gasteiger partial charge in [-0.15, -0.1) is 0 Å². The SMILES string of the molecule is CC1(C2CCC3C4CCC5CC(O)CCC5(C)C4CC(O)C32C)OCCO1. The lowest BCUT2D eigenvalue weighted by atomic mass is 9.44. The molecule has 0 amide bonds. The van der Waals surface area contributed by atoms with Crippen LogP contribution in [-0.2, 0) is 9.47 Å². The zero-order chi connectivity index (χ0) is 19.0. The quantitative estimate of drug-likeness (QED) is 0.730. The molecule has 0 radical (unpaired) electrons. The van der Waals surface area contributed by atoms with Gasteiger partial charge in [0.05, 0.1) is 25.4 Å². The van der Waals surface area contributed by atoms with E-state index in [9.17, 15) is 10.2 Å². The van der Waals surface area contributed by atoms with Gasteiger partial charge in [0.1, 0.15) is 0 Å². The van der Waals surface area contributed by atoms with Crippen LogP contribution in [0.25, 0.3) is 0 Å². The Labute approximate surface area is 164 Å². The smallest absolute Gasteiger partial charge is 0.169 e. The lowest BCUT2D eigenvalue weighted by molar-refractivity contribution is -0.241. The van der Waals surface area contributed by atoms with Crippen molar-refractivity contribution >= 4 is 0 Å². The maximum atomic E-state index is 11.5. The van der Waals surface area contributed by atoms with E-state index in [0.29, 0.717) is 42.3 Å². The summed E-state index contributed by atoms with van der Waals surface area (Å²) in [4.78, 5) is 0. The molecule has 9 atom stereocenters. The third-order valence-electron chi connectivity index (χ3n) is 10.2. The van der Waals surface area contributed by atoms with E-state index in [4.69, 9.17) is 9.47 Å². The highest BCUT2D eigenvalue weighted by Gasteiger charge is 2.66. The van der Waals surface area contributed by atoms with E-state index in [2.05, 4.69) is 20.8 Å². The number of rotatable bonds is 1. The highest BCUT2D eigenvalue weighted by Crippen LogP contribution is 2.69. The summed E-state index contributed by atoms with van der Waals surface area (Å²) >= 11 is 0. The fourth-order valence-corrected chi connectivity index (χ4v) is 8.78. The topological polar surface area (TPSA) is 58.9 Å². The molecule has 2 N–H and O–H groups in total. The Morgan fingerprint density at radius 2 is 1.56 bits per heavy atom. The van der Waals surface area contributed by atoms with Gasteiger partial charge >= 0.3 is 0 Å². The second-order valence-electron chi connectivity index (χ2n) is 11.0. The van der Waals surface area contributed by atoms with E-state index in [1.165, 1.54) is 19.3 Å². The first kappa shape index (κ1) is 18.8. The Morgan fingerprint density at radius 3 is 2.30 bits per heavy atom. The first-order chi connectivity index (χ1) is 12.8. The molecule has 5 aliphatic rings. The average Bonchev–Trinajstić information content (AvgIpc) is 3.22. The van der Waals surface area contributed by atoms with Crippen LogP contribution in [-0.4, -0.2) is 41.4 Å². The van der Waals surface area contributed by atoms with Gasteiger partial charge in [-0.3, -0.25) is 0 Å². The number of ether oxygens (including phenoxy) is 2. The summed E-state index contributed by atoms with van der Waals surface area (Å²) in [6, 6.07) is 0. The largest absolute Gasteiger partial charge is 0.393 e. The maximum absolute atomic E-state index is 11.5. The third-order valence-corrected chi connectivity index (χ3v) is 10.2. The van der Waals surface area contributed by atoms with Crippen molar-refractivity contribution < 1.29 is 19.7 Å². The summed E-state index contributed by atoms with van der Waals surface area (Å²) in [5.74, 6) is 2.29. The van der Waals surface area contributed by atoms with Gasteiger partial charge in [-0.1, -0.05) is 13.8 Å². The molecule has 4 heteroatoms. The second-order valence-corrected chi connectivity index (χ2v) is 11.0. The third kappa shape index (κ3) is 2.49. The van der Waals surface area contributed by atoms with Crippen molar-refractivity contribution in [3.05, 3.63) is 0 Å². The second kappa shape index (κ2) is 6.17. The van der Waals surface area contributed by atoms with Crippen LogP contribution in [0.1, 0.15) is 72.1 Å². The van der Waals surface area contributed by atoms with Crippen LogP contribution in [0.15, 0.2) is 0 Å². The monoisotopic (exact) mass is 378 g/mol. The predicted octanol–water partition coefficient (Wildman–Crippen LogP) is 3.74. The van der Waals surface area contributed by atoms with Gasteiger partial charge in [-0.25, -0.2) is 0 Å². The van der Waals surface area contributed by atoms with Crippen molar-refractivity contribution in [2.75, 3.05) is 13.2 Å². The predicted molar refractivity (Wildman–Crippen MR) is 103 cm³/mol. The number of fused-ring (bicyclic) bond motifs is 5. The number of hydrogen-bond acceptors (Lipinski definition) is 4. The Balaban J connectivity index is 1.46. The van der Waals surface area contributed by atoms with Crippen LogP contribution in [0.2, 0.25) is 0 Å². The standard InChI is InChI=1S/C23H38O4/c1-21-9-8-15(24)12-14(21)4-5-16-17-6-7-19(23(3)26-10-11-27-23)22(17,2)20(25)13-18(16)21/h14-20,24-25H,4-13H2,1-3H3. The molecular weight excluding hydrogens is 340 g/mol. The lowest BCUT2D eigenvalue weighted by Crippen LogP contribution is -2.60. The maximum Gasteiger partial charge on any atom is 0.169 e. The molecule has 0 aromatic carbocycles. The molecule has 1 aliphatic heterocycles. The molecule has 0 aromatic heterocycles. The minimum atomic E-state index is -0.520. The van der Waals surface area contributed by atoms with Crippen LogP contribution in [0.4, 0.5) is 0 Å². The first-order valence-corrected chi connectivity index (χ1v) is 11.4. The molecule has 0 bridgehead atoms. The Morgan fingerprint density at radius 1 is 0.815 bits per heavy atom. The fourth-order valence-electron chi connectivity index (χ4n) is 8.78. The highest BCUT2D eigenvalue weighted by molar-refractivity contribution is 5.14. The molecule has 0 aromatic rings. The minimum Gasteiger partial charge on any atom is -0.393 e. The van der Waals surface area contributed by atoms with Gasteiger partial charge in [0, 0.05) is 11.3 Å². The molecule has 1 saturated heterocycles. The molecule has 1 heterocycles. The van der Waals surface area contributed by atoms with Crippen LogP contribution < -0.4 is 0 Å². The summed E-state index contributed by atoms with van der Waals surface area (Å²) < 4.78 is 12.2. The molecule has 5 fully saturated rings. The summed E-state index contributed by atoms with van der Waals surface area (Å²) in [6.07, 6.45) is 8.42. The van der Waals surface area contributed by atoms with Crippen molar-refractivity contribution in [2.45, 2.75) is 90.1 Å². The molecule has 9 unspecified atom stereocenters. The number of hydrogen-bond donors (Lipinski definition) is 2. The van der Waals surface area contributed by atoms with E-state index in [1.54, 1.807) is 0 Å². The van der Waals surface area contributed by atoms with Gasteiger partial charge in [0.25, 0.3) is 0 Å². The summed E-state index contributed by atoms with van der Waals surface area (Å²) in [6.45, 7) is 8.28. The first-order valence-electron chi connectivity index (χ1n) is 11.4. The number of aliphatic hydroxyl groups is 2. The summed E-state index contributed by atoms with van der Waals surface area (Å²) in [5.41, 5.74) is 0.199. The van der Waals surface area contributed by atoms with Gasteiger partial charge in [-0.05, 0) is 87.4 Å². The van der Waals surface area contributed by atoms with E-state index >= 15 is 0 Å². The summed E-state index contributed by atoms with van der Waals surface area (Å²) in [7, 11) is 0. The van der Waals surface area contributed by atoms with Crippen LogP contribution >= 0.6 is 0 Å². The van der Waals surface area contributed by atoms with Gasteiger partial charge < -0.3 is 19.7 Å². The van der Waals surface area contributed by atoms with Crippen LogP contribution in [0.3, 0.4) is 0 Å². The molecule has 5 rings (SSSR count). The molecule has 4 aliphatic carbocycles. The van der Waals surface area contributed by atoms with Crippen LogP contribution in [0.5, 0.6) is 0 Å². The molecule has 4 saturated carbocycles.